The maximum atomic E-state index is 9.40. The van der Waals surface area contributed by atoms with Crippen LogP contribution in [0, 0.1) is 0 Å². The van der Waals surface area contributed by atoms with E-state index in [-0.39, 0.29) is 5.75 Å². The lowest BCUT2D eigenvalue weighted by atomic mass is 10.3. The zero-order valence-corrected chi connectivity index (χ0v) is 6.59. The number of ether oxygens (including phenoxy) is 1. The number of anilines is 1. The second kappa shape index (κ2) is 3.14. The standard InChI is InChI=1S/C8H11NO2/c1-9-6-4-3-5-7(11-2)8(6)10/h3-5,9-10H,1-2H3. The maximum absolute atomic E-state index is 9.40. The predicted molar refractivity (Wildman–Crippen MR) is 44.2 cm³/mol. The van der Waals surface area contributed by atoms with E-state index in [2.05, 4.69) is 5.32 Å². The number of hydrogen-bond acceptors (Lipinski definition) is 3. The molecule has 3 nitrogen and oxygen atoms in total. The highest BCUT2D eigenvalue weighted by Gasteiger charge is 2.03. The molecule has 0 heterocycles. The van der Waals surface area contributed by atoms with Crippen molar-refractivity contribution in [1.82, 2.24) is 0 Å². The summed E-state index contributed by atoms with van der Waals surface area (Å²) in [5, 5.41) is 12.2. The maximum Gasteiger partial charge on any atom is 0.181 e. The Morgan fingerprint density at radius 2 is 2.18 bits per heavy atom. The summed E-state index contributed by atoms with van der Waals surface area (Å²) in [6.07, 6.45) is 0. The molecule has 0 amide bonds. The summed E-state index contributed by atoms with van der Waals surface area (Å²) < 4.78 is 4.90. The molecule has 0 aliphatic carbocycles. The Kier molecular flexibility index (Phi) is 2.21. The molecular formula is C8H11NO2. The Labute approximate surface area is 65.6 Å². The van der Waals surface area contributed by atoms with Crippen molar-refractivity contribution >= 4 is 5.69 Å². The summed E-state index contributed by atoms with van der Waals surface area (Å²) in [7, 11) is 3.27. The smallest absolute Gasteiger partial charge is 0.181 e. The molecule has 0 radical (unpaired) electrons. The Morgan fingerprint density at radius 3 is 2.73 bits per heavy atom. The molecule has 0 aliphatic heterocycles. The number of hydrogen-bond donors (Lipinski definition) is 2. The van der Waals surface area contributed by atoms with Gasteiger partial charge in [-0.2, -0.15) is 0 Å². The average Bonchev–Trinajstić information content (AvgIpc) is 2.05. The molecule has 1 aromatic rings. The lowest BCUT2D eigenvalue weighted by Crippen LogP contribution is -1.90. The van der Waals surface area contributed by atoms with Crippen LogP contribution in [0.25, 0.3) is 0 Å². The van der Waals surface area contributed by atoms with Crippen LogP contribution in [0.5, 0.6) is 11.5 Å². The molecule has 1 rings (SSSR count). The van der Waals surface area contributed by atoms with E-state index in [1.165, 1.54) is 7.11 Å². The van der Waals surface area contributed by atoms with Crippen molar-refractivity contribution in [3.8, 4) is 11.5 Å². The molecular weight excluding hydrogens is 142 g/mol. The molecule has 1 aromatic carbocycles. The fourth-order valence-electron chi connectivity index (χ4n) is 0.889. The van der Waals surface area contributed by atoms with Crippen LogP contribution in [-0.4, -0.2) is 19.3 Å². The first kappa shape index (κ1) is 7.72. The summed E-state index contributed by atoms with van der Waals surface area (Å²) in [4.78, 5) is 0. The summed E-state index contributed by atoms with van der Waals surface area (Å²) in [5.74, 6) is 0.634. The highest BCUT2D eigenvalue weighted by atomic mass is 16.5. The van der Waals surface area contributed by atoms with Crippen LogP contribution >= 0.6 is 0 Å². The second-order valence-electron chi connectivity index (χ2n) is 2.11. The number of para-hydroxylation sites is 1. The van der Waals surface area contributed by atoms with Gasteiger partial charge in [-0.25, -0.2) is 0 Å². The van der Waals surface area contributed by atoms with Gasteiger partial charge in [0.05, 0.1) is 12.8 Å². The highest BCUT2D eigenvalue weighted by molar-refractivity contribution is 5.61. The SMILES string of the molecule is CNc1cccc(OC)c1O. The number of benzene rings is 1. The van der Waals surface area contributed by atoms with Crippen molar-refractivity contribution in [2.24, 2.45) is 0 Å². The number of rotatable bonds is 2. The predicted octanol–water partition coefficient (Wildman–Crippen LogP) is 1.44. The van der Waals surface area contributed by atoms with Crippen LogP contribution in [-0.2, 0) is 0 Å². The first-order chi connectivity index (χ1) is 5.29. The number of methoxy groups -OCH3 is 1. The molecule has 3 heteroatoms. The minimum absolute atomic E-state index is 0.150. The summed E-state index contributed by atoms with van der Waals surface area (Å²) >= 11 is 0. The fraction of sp³-hybridized carbons (Fsp3) is 0.250. The summed E-state index contributed by atoms with van der Waals surface area (Å²) in [6, 6.07) is 5.29. The third kappa shape index (κ3) is 1.37. The molecule has 0 spiro atoms. The van der Waals surface area contributed by atoms with Gasteiger partial charge in [0.25, 0.3) is 0 Å². The Bertz CT molecular complexity index is 226. The molecule has 2 N–H and O–H groups in total. The molecule has 0 fully saturated rings. The van der Waals surface area contributed by atoms with Crippen LogP contribution in [0.1, 0.15) is 0 Å². The molecule has 11 heavy (non-hydrogen) atoms. The molecule has 0 saturated heterocycles. The molecule has 0 bridgehead atoms. The van der Waals surface area contributed by atoms with E-state index in [9.17, 15) is 5.11 Å². The Balaban J connectivity index is 3.10. The molecule has 0 aliphatic rings. The van der Waals surface area contributed by atoms with E-state index in [1.807, 2.05) is 6.07 Å². The van der Waals surface area contributed by atoms with Gasteiger partial charge < -0.3 is 15.2 Å². The van der Waals surface area contributed by atoms with Crippen molar-refractivity contribution in [2.75, 3.05) is 19.5 Å². The van der Waals surface area contributed by atoms with Gasteiger partial charge in [-0.1, -0.05) is 6.07 Å². The van der Waals surface area contributed by atoms with E-state index >= 15 is 0 Å². The van der Waals surface area contributed by atoms with Gasteiger partial charge in [0, 0.05) is 7.05 Å². The Morgan fingerprint density at radius 1 is 1.45 bits per heavy atom. The molecule has 0 atom stereocenters. The number of aromatic hydroxyl groups is 1. The van der Waals surface area contributed by atoms with Gasteiger partial charge in [-0.15, -0.1) is 0 Å². The third-order valence-electron chi connectivity index (χ3n) is 1.49. The molecule has 0 saturated carbocycles. The van der Waals surface area contributed by atoms with Crippen molar-refractivity contribution in [2.45, 2.75) is 0 Å². The van der Waals surface area contributed by atoms with Crippen molar-refractivity contribution in [3.05, 3.63) is 18.2 Å². The van der Waals surface area contributed by atoms with Crippen LogP contribution in [0.15, 0.2) is 18.2 Å². The van der Waals surface area contributed by atoms with Crippen LogP contribution in [0.3, 0.4) is 0 Å². The Hall–Kier alpha value is -1.38. The zero-order chi connectivity index (χ0) is 8.27. The second-order valence-corrected chi connectivity index (χ2v) is 2.11. The van der Waals surface area contributed by atoms with Crippen LogP contribution in [0.2, 0.25) is 0 Å². The van der Waals surface area contributed by atoms with Gasteiger partial charge in [0.15, 0.2) is 11.5 Å². The zero-order valence-electron chi connectivity index (χ0n) is 6.59. The first-order valence-electron chi connectivity index (χ1n) is 3.33. The van der Waals surface area contributed by atoms with E-state index in [4.69, 9.17) is 4.74 Å². The lowest BCUT2D eigenvalue weighted by Gasteiger charge is -2.06. The van der Waals surface area contributed by atoms with Crippen molar-refractivity contribution in [3.63, 3.8) is 0 Å². The lowest BCUT2D eigenvalue weighted by molar-refractivity contribution is 0.374. The minimum atomic E-state index is 0.150. The van der Waals surface area contributed by atoms with Crippen LogP contribution < -0.4 is 10.1 Å². The number of phenolic OH excluding ortho intramolecular Hbond substituents is 1. The van der Waals surface area contributed by atoms with Gasteiger partial charge >= 0.3 is 0 Å². The summed E-state index contributed by atoms with van der Waals surface area (Å²) in [6.45, 7) is 0. The van der Waals surface area contributed by atoms with Gasteiger partial charge in [0.1, 0.15) is 0 Å². The minimum Gasteiger partial charge on any atom is -0.503 e. The van der Waals surface area contributed by atoms with Gasteiger partial charge in [-0.05, 0) is 12.1 Å². The van der Waals surface area contributed by atoms with E-state index in [1.54, 1.807) is 19.2 Å². The normalized spacial score (nSPS) is 9.27. The highest BCUT2D eigenvalue weighted by Crippen LogP contribution is 2.32. The van der Waals surface area contributed by atoms with Crippen LogP contribution in [0.4, 0.5) is 5.69 Å². The topological polar surface area (TPSA) is 41.5 Å². The fourth-order valence-corrected chi connectivity index (χ4v) is 0.889. The number of phenols is 1. The van der Waals surface area contributed by atoms with Gasteiger partial charge in [0.2, 0.25) is 0 Å². The number of nitrogens with one attached hydrogen (secondary N) is 1. The molecule has 60 valence electrons. The van der Waals surface area contributed by atoms with Crippen molar-refractivity contribution in [1.29, 1.82) is 0 Å². The van der Waals surface area contributed by atoms with Gasteiger partial charge in [-0.3, -0.25) is 0 Å². The van der Waals surface area contributed by atoms with E-state index in [0.717, 1.165) is 0 Å². The monoisotopic (exact) mass is 153 g/mol. The average molecular weight is 153 g/mol. The molecule has 0 unspecified atom stereocenters. The quantitative estimate of drug-likeness (QED) is 0.632. The largest absolute Gasteiger partial charge is 0.503 e. The first-order valence-corrected chi connectivity index (χ1v) is 3.33. The molecule has 0 aromatic heterocycles. The van der Waals surface area contributed by atoms with E-state index in [0.29, 0.717) is 11.4 Å². The van der Waals surface area contributed by atoms with Crippen molar-refractivity contribution < 1.29 is 9.84 Å². The third-order valence-corrected chi connectivity index (χ3v) is 1.49. The van der Waals surface area contributed by atoms with E-state index < -0.39 is 0 Å². The summed E-state index contributed by atoms with van der Waals surface area (Å²) in [5.41, 5.74) is 0.671.